The van der Waals surface area contributed by atoms with Crippen molar-refractivity contribution < 1.29 is 9.50 Å². The van der Waals surface area contributed by atoms with E-state index in [9.17, 15) is 9.50 Å². The van der Waals surface area contributed by atoms with Gasteiger partial charge in [0.2, 0.25) is 0 Å². The Morgan fingerprint density at radius 2 is 1.90 bits per heavy atom. The number of hydrogen-bond donors (Lipinski definition) is 1. The van der Waals surface area contributed by atoms with Gasteiger partial charge in [-0.3, -0.25) is 4.98 Å². The molecule has 108 valence electrons. The maximum Gasteiger partial charge on any atom is 0.123 e. The lowest BCUT2D eigenvalue weighted by Gasteiger charge is -2.39. The molecule has 2 nitrogen and oxygen atoms in total. The molecule has 1 aromatic heterocycles. The van der Waals surface area contributed by atoms with Gasteiger partial charge in [0.05, 0.1) is 10.4 Å². The van der Waals surface area contributed by atoms with Crippen molar-refractivity contribution in [2.24, 2.45) is 5.41 Å². The van der Waals surface area contributed by atoms with Gasteiger partial charge in [0.1, 0.15) is 11.4 Å². The van der Waals surface area contributed by atoms with E-state index in [1.54, 1.807) is 23.8 Å². The lowest BCUT2D eigenvalue weighted by Crippen LogP contribution is -2.41. The fraction of sp³-hybridized carbons (Fsp3) is 0.400. The summed E-state index contributed by atoms with van der Waals surface area (Å²) in [7, 11) is 0. The first-order valence-electron chi connectivity index (χ1n) is 6.33. The summed E-state index contributed by atoms with van der Waals surface area (Å²) >= 11 is 2.98. The molecule has 0 amide bonds. The van der Waals surface area contributed by atoms with E-state index in [1.165, 1.54) is 35.2 Å². The second-order valence-corrected chi connectivity index (χ2v) is 7.65. The molecule has 0 aliphatic heterocycles. The van der Waals surface area contributed by atoms with Crippen LogP contribution in [-0.4, -0.2) is 15.8 Å². The largest absolute Gasteiger partial charge is 0.383 e. The van der Waals surface area contributed by atoms with Crippen molar-refractivity contribution in [1.29, 1.82) is 0 Å². The molecule has 1 unspecified atom stereocenters. The van der Waals surface area contributed by atoms with E-state index in [2.05, 4.69) is 4.98 Å². The van der Waals surface area contributed by atoms with E-state index in [-0.39, 0.29) is 11.2 Å². The second kappa shape index (κ2) is 5.84. The summed E-state index contributed by atoms with van der Waals surface area (Å²) in [6.45, 7) is 6.04. The molecule has 0 saturated heterocycles. The lowest BCUT2D eigenvalue weighted by molar-refractivity contribution is -0.0392. The molecule has 0 spiro atoms. The molecule has 2 aromatic rings. The Morgan fingerprint density at radius 1 is 1.25 bits per heavy atom. The van der Waals surface area contributed by atoms with Gasteiger partial charge in [0, 0.05) is 16.8 Å². The highest BCUT2D eigenvalue weighted by Crippen LogP contribution is 2.44. The Hall–Kier alpha value is -0.910. The molecule has 0 bridgehead atoms. The summed E-state index contributed by atoms with van der Waals surface area (Å²) in [5.41, 5.74) is 0.453. The van der Waals surface area contributed by atoms with Crippen LogP contribution in [0.15, 0.2) is 40.9 Å². The minimum atomic E-state index is -0.965. The number of benzene rings is 1. The first-order chi connectivity index (χ1) is 9.33. The Bertz CT molecular complexity index is 548. The zero-order valence-corrected chi connectivity index (χ0v) is 13.4. The summed E-state index contributed by atoms with van der Waals surface area (Å²) in [5.74, 6) is 0.257. The number of rotatable bonds is 4. The predicted octanol–water partition coefficient (Wildman–Crippen LogP) is 4.31. The average Bonchev–Trinajstić information content (AvgIpc) is 2.90. The highest BCUT2D eigenvalue weighted by atomic mass is 32.2. The maximum atomic E-state index is 12.9. The summed E-state index contributed by atoms with van der Waals surface area (Å²) in [6, 6.07) is 6.34. The molecule has 0 aliphatic rings. The third-order valence-electron chi connectivity index (χ3n) is 3.34. The van der Waals surface area contributed by atoms with Crippen molar-refractivity contribution in [2.45, 2.75) is 31.3 Å². The molecule has 1 heterocycles. The van der Waals surface area contributed by atoms with Crippen LogP contribution in [0.1, 0.15) is 25.6 Å². The molecule has 1 N–H and O–H groups in total. The van der Waals surface area contributed by atoms with Crippen molar-refractivity contribution in [3.63, 3.8) is 0 Å². The van der Waals surface area contributed by atoms with E-state index in [0.717, 1.165) is 9.77 Å². The quantitative estimate of drug-likeness (QED) is 0.854. The fourth-order valence-electron chi connectivity index (χ4n) is 1.80. The minimum absolute atomic E-state index is 0.247. The van der Waals surface area contributed by atoms with E-state index in [1.807, 2.05) is 20.8 Å². The van der Waals surface area contributed by atoms with Gasteiger partial charge in [-0.15, -0.1) is 23.1 Å². The van der Waals surface area contributed by atoms with Gasteiger partial charge in [0.25, 0.3) is 0 Å². The first kappa shape index (κ1) is 15.5. The van der Waals surface area contributed by atoms with Crippen molar-refractivity contribution >= 4 is 23.1 Å². The van der Waals surface area contributed by atoms with Crippen molar-refractivity contribution in [1.82, 2.24) is 4.98 Å². The second-order valence-electron chi connectivity index (χ2n) is 5.72. The third kappa shape index (κ3) is 3.22. The van der Waals surface area contributed by atoms with Gasteiger partial charge < -0.3 is 5.11 Å². The van der Waals surface area contributed by atoms with Gasteiger partial charge in [-0.2, -0.15) is 0 Å². The van der Waals surface area contributed by atoms with Crippen LogP contribution in [0.4, 0.5) is 4.39 Å². The average molecular weight is 311 g/mol. The van der Waals surface area contributed by atoms with Crippen LogP contribution in [0.25, 0.3) is 0 Å². The van der Waals surface area contributed by atoms with Gasteiger partial charge >= 0.3 is 0 Å². The van der Waals surface area contributed by atoms with Gasteiger partial charge in [0.15, 0.2) is 0 Å². The number of nitrogens with zero attached hydrogens (tertiary/aromatic N) is 1. The van der Waals surface area contributed by atoms with Crippen LogP contribution in [0.2, 0.25) is 0 Å². The standard InChI is InChI=1S/C15H18FNOS2/c1-14(2,3)15(18,13-8-17-10-20-13)9-19-12-6-4-11(16)5-7-12/h4-8,10,18H,9H2,1-3H3. The van der Waals surface area contributed by atoms with Crippen LogP contribution < -0.4 is 0 Å². The molecule has 0 aliphatic carbocycles. The zero-order valence-electron chi connectivity index (χ0n) is 11.8. The predicted molar refractivity (Wildman–Crippen MR) is 82.6 cm³/mol. The maximum absolute atomic E-state index is 12.9. The molecule has 1 aromatic carbocycles. The van der Waals surface area contributed by atoms with Crippen LogP contribution in [-0.2, 0) is 5.60 Å². The van der Waals surface area contributed by atoms with E-state index >= 15 is 0 Å². The molecule has 2 rings (SSSR count). The smallest absolute Gasteiger partial charge is 0.123 e. The SMILES string of the molecule is CC(C)(C)C(O)(CSc1ccc(F)cc1)c1cncs1. The van der Waals surface area contributed by atoms with Gasteiger partial charge in [-0.25, -0.2) is 4.39 Å². The lowest BCUT2D eigenvalue weighted by atomic mass is 9.77. The Morgan fingerprint density at radius 3 is 2.40 bits per heavy atom. The van der Waals surface area contributed by atoms with E-state index < -0.39 is 5.60 Å². The van der Waals surface area contributed by atoms with Crippen molar-refractivity contribution in [3.8, 4) is 0 Å². The fourth-order valence-corrected chi connectivity index (χ4v) is 4.11. The number of hydrogen-bond acceptors (Lipinski definition) is 4. The number of thioether (sulfide) groups is 1. The summed E-state index contributed by atoms with van der Waals surface area (Å²) in [6.07, 6.45) is 1.72. The summed E-state index contributed by atoms with van der Waals surface area (Å²) in [5, 5.41) is 11.1. The number of thiazole rings is 1. The highest BCUT2D eigenvalue weighted by molar-refractivity contribution is 7.99. The first-order valence-corrected chi connectivity index (χ1v) is 8.19. The third-order valence-corrected chi connectivity index (χ3v) is 5.43. The molecular formula is C15H18FNOS2. The van der Waals surface area contributed by atoms with Crippen LogP contribution in [0.3, 0.4) is 0 Å². The van der Waals surface area contributed by atoms with Gasteiger partial charge in [-0.1, -0.05) is 20.8 Å². The Kier molecular flexibility index (Phi) is 4.52. The van der Waals surface area contributed by atoms with Crippen molar-refractivity contribution in [2.75, 3.05) is 5.75 Å². The highest BCUT2D eigenvalue weighted by Gasteiger charge is 2.42. The van der Waals surface area contributed by atoms with E-state index in [4.69, 9.17) is 0 Å². The molecule has 0 saturated carbocycles. The molecule has 1 atom stereocenters. The molecule has 0 radical (unpaired) electrons. The number of aromatic nitrogens is 1. The Balaban J connectivity index is 2.20. The topological polar surface area (TPSA) is 33.1 Å². The minimum Gasteiger partial charge on any atom is -0.383 e. The molecule has 5 heteroatoms. The molecule has 20 heavy (non-hydrogen) atoms. The zero-order chi connectivity index (χ0) is 14.8. The normalized spacial score (nSPS) is 15.1. The monoisotopic (exact) mass is 311 g/mol. The summed E-state index contributed by atoms with van der Waals surface area (Å²) < 4.78 is 12.9. The van der Waals surface area contributed by atoms with Gasteiger partial charge in [-0.05, 0) is 29.7 Å². The molecular weight excluding hydrogens is 293 g/mol. The van der Waals surface area contributed by atoms with Crippen molar-refractivity contribution in [3.05, 3.63) is 46.7 Å². The molecule has 0 fully saturated rings. The Labute approximate surface area is 127 Å². The van der Waals surface area contributed by atoms with Crippen LogP contribution in [0.5, 0.6) is 0 Å². The number of aliphatic hydroxyl groups is 1. The summed E-state index contributed by atoms with van der Waals surface area (Å²) in [4.78, 5) is 5.87. The van der Waals surface area contributed by atoms with Crippen LogP contribution in [0, 0.1) is 11.2 Å². The van der Waals surface area contributed by atoms with Crippen LogP contribution >= 0.6 is 23.1 Å². The number of halogens is 1. The van der Waals surface area contributed by atoms with E-state index in [0.29, 0.717) is 5.75 Å².